The Morgan fingerprint density at radius 2 is 2.05 bits per heavy atom. The number of fused-ring (bicyclic) bond motifs is 1. The predicted octanol–water partition coefficient (Wildman–Crippen LogP) is 3.73. The molecule has 0 fully saturated rings. The Balaban J connectivity index is 2.52. The lowest BCUT2D eigenvalue weighted by Crippen LogP contribution is -2.12. The number of hydrogen-bond donors (Lipinski definition) is 1. The highest BCUT2D eigenvalue weighted by Crippen LogP contribution is 2.25. The first-order chi connectivity index (χ1) is 9.33. The molecule has 1 aromatic heterocycles. The molecule has 2 rings (SSSR count). The molecule has 0 saturated carbocycles. The van der Waals surface area contributed by atoms with Crippen molar-refractivity contribution in [2.24, 2.45) is 5.41 Å². The van der Waals surface area contributed by atoms with Crippen LogP contribution >= 0.6 is 0 Å². The van der Waals surface area contributed by atoms with Crippen LogP contribution in [0.4, 0.5) is 0 Å². The van der Waals surface area contributed by atoms with Crippen LogP contribution in [0.5, 0.6) is 0 Å². The third-order valence-corrected chi connectivity index (χ3v) is 3.49. The van der Waals surface area contributed by atoms with Crippen LogP contribution in [0.15, 0.2) is 18.2 Å². The minimum atomic E-state index is -0.918. The van der Waals surface area contributed by atoms with E-state index in [1.807, 2.05) is 6.07 Å². The van der Waals surface area contributed by atoms with E-state index in [2.05, 4.69) is 37.2 Å². The Bertz CT molecular complexity index is 636. The van der Waals surface area contributed by atoms with Crippen molar-refractivity contribution in [2.75, 3.05) is 0 Å². The molecule has 0 aliphatic carbocycles. The van der Waals surface area contributed by atoms with E-state index < -0.39 is 5.97 Å². The summed E-state index contributed by atoms with van der Waals surface area (Å²) < 4.78 is 2.16. The number of imidazole rings is 1. The van der Waals surface area contributed by atoms with Crippen LogP contribution in [0, 0.1) is 5.41 Å². The molecule has 1 heterocycles. The zero-order valence-electron chi connectivity index (χ0n) is 12.6. The van der Waals surface area contributed by atoms with Gasteiger partial charge in [-0.3, -0.25) is 0 Å². The highest BCUT2D eigenvalue weighted by atomic mass is 16.4. The molecule has 0 bridgehead atoms. The first-order valence-corrected chi connectivity index (χ1v) is 7.05. The Kier molecular flexibility index (Phi) is 3.84. The van der Waals surface area contributed by atoms with E-state index in [0.29, 0.717) is 5.52 Å². The lowest BCUT2D eigenvalue weighted by molar-refractivity contribution is 0.0699. The van der Waals surface area contributed by atoms with E-state index in [9.17, 15) is 9.90 Å². The summed E-state index contributed by atoms with van der Waals surface area (Å²) in [6.07, 6.45) is 1.83. The molecule has 0 aliphatic rings. The maximum atomic E-state index is 11.3. The zero-order valence-corrected chi connectivity index (χ0v) is 12.6. The summed E-state index contributed by atoms with van der Waals surface area (Å²) >= 11 is 0. The summed E-state index contributed by atoms with van der Waals surface area (Å²) in [4.78, 5) is 15.8. The molecule has 20 heavy (non-hydrogen) atoms. The van der Waals surface area contributed by atoms with Crippen molar-refractivity contribution in [3.8, 4) is 0 Å². The van der Waals surface area contributed by atoms with E-state index in [1.54, 1.807) is 12.1 Å². The molecule has 0 amide bonds. The third-order valence-electron chi connectivity index (χ3n) is 3.49. The van der Waals surface area contributed by atoms with Crippen LogP contribution in [0.2, 0.25) is 0 Å². The average molecular weight is 274 g/mol. The average Bonchev–Trinajstić information content (AvgIpc) is 2.72. The van der Waals surface area contributed by atoms with E-state index >= 15 is 0 Å². The first kappa shape index (κ1) is 14.6. The van der Waals surface area contributed by atoms with Gasteiger partial charge in [-0.05, 0) is 24.0 Å². The standard InChI is InChI=1S/C16H22N2O2/c1-5-13-17-14-11(15(19)20)7-6-8-12(14)18(13)10-9-16(2,3)4/h6-8H,5,9-10H2,1-4H3,(H,19,20). The molecule has 0 spiro atoms. The molecule has 0 aliphatic heterocycles. The number of para-hydroxylation sites is 1. The van der Waals surface area contributed by atoms with Gasteiger partial charge in [0, 0.05) is 13.0 Å². The second-order valence-electron chi connectivity index (χ2n) is 6.32. The quantitative estimate of drug-likeness (QED) is 0.924. The SMILES string of the molecule is CCc1nc2c(C(=O)O)cccc2n1CCC(C)(C)C. The predicted molar refractivity (Wildman–Crippen MR) is 80.1 cm³/mol. The van der Waals surface area contributed by atoms with Gasteiger partial charge < -0.3 is 9.67 Å². The Morgan fingerprint density at radius 1 is 1.35 bits per heavy atom. The van der Waals surface area contributed by atoms with Crippen molar-refractivity contribution >= 4 is 17.0 Å². The number of aryl methyl sites for hydroxylation is 2. The van der Waals surface area contributed by atoms with Crippen LogP contribution in [0.3, 0.4) is 0 Å². The first-order valence-electron chi connectivity index (χ1n) is 7.05. The highest BCUT2D eigenvalue weighted by Gasteiger charge is 2.17. The van der Waals surface area contributed by atoms with Gasteiger partial charge >= 0.3 is 5.97 Å². The topological polar surface area (TPSA) is 55.1 Å². The van der Waals surface area contributed by atoms with Crippen LogP contribution in [0.25, 0.3) is 11.0 Å². The van der Waals surface area contributed by atoms with E-state index in [-0.39, 0.29) is 11.0 Å². The van der Waals surface area contributed by atoms with Crippen molar-refractivity contribution in [3.63, 3.8) is 0 Å². The van der Waals surface area contributed by atoms with E-state index in [4.69, 9.17) is 0 Å². The van der Waals surface area contributed by atoms with Gasteiger partial charge in [0.1, 0.15) is 11.3 Å². The summed E-state index contributed by atoms with van der Waals surface area (Å²) in [5.74, 6) is 0.0386. The summed E-state index contributed by atoms with van der Waals surface area (Å²) in [5.41, 5.74) is 2.05. The van der Waals surface area contributed by atoms with Crippen molar-refractivity contribution < 1.29 is 9.90 Å². The van der Waals surface area contributed by atoms with Gasteiger partial charge in [0.2, 0.25) is 0 Å². The number of nitrogens with zero attached hydrogens (tertiary/aromatic N) is 2. The number of aromatic nitrogens is 2. The molecule has 0 atom stereocenters. The molecule has 1 aromatic carbocycles. The molecule has 0 radical (unpaired) electrons. The number of carboxylic acid groups (broad SMARTS) is 1. The van der Waals surface area contributed by atoms with Gasteiger partial charge in [0.25, 0.3) is 0 Å². The monoisotopic (exact) mass is 274 g/mol. The Hall–Kier alpha value is -1.84. The molecule has 4 heteroatoms. The largest absolute Gasteiger partial charge is 0.478 e. The van der Waals surface area contributed by atoms with Gasteiger partial charge in [0.15, 0.2) is 0 Å². The summed E-state index contributed by atoms with van der Waals surface area (Å²) in [6.45, 7) is 9.54. The van der Waals surface area contributed by atoms with E-state index in [0.717, 1.165) is 30.7 Å². The molecule has 1 N–H and O–H groups in total. The minimum absolute atomic E-state index is 0.242. The van der Waals surface area contributed by atoms with E-state index in [1.165, 1.54) is 0 Å². The zero-order chi connectivity index (χ0) is 14.9. The van der Waals surface area contributed by atoms with Gasteiger partial charge in [-0.15, -0.1) is 0 Å². The lowest BCUT2D eigenvalue weighted by atomic mass is 9.92. The normalized spacial score (nSPS) is 12.0. The van der Waals surface area contributed by atoms with Crippen molar-refractivity contribution in [1.82, 2.24) is 9.55 Å². The fraction of sp³-hybridized carbons (Fsp3) is 0.500. The van der Waals surface area contributed by atoms with Crippen LogP contribution in [0.1, 0.15) is 50.3 Å². The van der Waals surface area contributed by atoms with Gasteiger partial charge in [-0.25, -0.2) is 9.78 Å². The summed E-state index contributed by atoms with van der Waals surface area (Å²) in [6, 6.07) is 5.36. The molecule has 108 valence electrons. The molecule has 2 aromatic rings. The number of hydrogen-bond acceptors (Lipinski definition) is 2. The summed E-state index contributed by atoms with van der Waals surface area (Å²) in [7, 11) is 0. The van der Waals surface area contributed by atoms with Crippen LogP contribution in [-0.2, 0) is 13.0 Å². The van der Waals surface area contributed by atoms with Crippen LogP contribution in [-0.4, -0.2) is 20.6 Å². The molecular weight excluding hydrogens is 252 g/mol. The van der Waals surface area contributed by atoms with Gasteiger partial charge in [-0.1, -0.05) is 33.8 Å². The fourth-order valence-electron chi connectivity index (χ4n) is 2.33. The maximum Gasteiger partial charge on any atom is 0.337 e. The highest BCUT2D eigenvalue weighted by molar-refractivity contribution is 6.01. The number of benzene rings is 1. The third kappa shape index (κ3) is 2.84. The summed E-state index contributed by atoms with van der Waals surface area (Å²) in [5, 5.41) is 9.27. The van der Waals surface area contributed by atoms with Crippen molar-refractivity contribution in [2.45, 2.75) is 47.1 Å². The maximum absolute atomic E-state index is 11.3. The Labute approximate surface area is 119 Å². The van der Waals surface area contributed by atoms with Gasteiger partial charge in [-0.2, -0.15) is 0 Å². The number of rotatable bonds is 4. The molecule has 0 saturated heterocycles. The minimum Gasteiger partial charge on any atom is -0.478 e. The second kappa shape index (κ2) is 5.27. The fourth-order valence-corrected chi connectivity index (χ4v) is 2.33. The van der Waals surface area contributed by atoms with Crippen molar-refractivity contribution in [3.05, 3.63) is 29.6 Å². The molecule has 0 unspecified atom stereocenters. The van der Waals surface area contributed by atoms with Crippen molar-refractivity contribution in [1.29, 1.82) is 0 Å². The number of aromatic carboxylic acids is 1. The van der Waals surface area contributed by atoms with Gasteiger partial charge in [0.05, 0.1) is 11.1 Å². The Morgan fingerprint density at radius 3 is 2.60 bits per heavy atom. The number of carbonyl (C=O) groups is 1. The molecule has 4 nitrogen and oxygen atoms in total. The number of carboxylic acids is 1. The lowest BCUT2D eigenvalue weighted by Gasteiger charge is -2.19. The molecular formula is C16H22N2O2. The smallest absolute Gasteiger partial charge is 0.337 e. The second-order valence-corrected chi connectivity index (χ2v) is 6.32. The van der Waals surface area contributed by atoms with Crippen LogP contribution < -0.4 is 0 Å².